The molecule has 2 heterocycles. The fraction of sp³-hybridized carbons (Fsp3) is 0.120. The van der Waals surface area contributed by atoms with Gasteiger partial charge in [0.1, 0.15) is 5.82 Å². The van der Waals surface area contributed by atoms with Crippen molar-refractivity contribution in [2.24, 2.45) is 5.73 Å². The van der Waals surface area contributed by atoms with E-state index in [0.29, 0.717) is 30.6 Å². The number of anilines is 1. The number of nitrogens with two attached hydrogens (primary N) is 1. The third-order valence-electron chi connectivity index (χ3n) is 5.84. The summed E-state index contributed by atoms with van der Waals surface area (Å²) in [4.78, 5) is 43.3. The fourth-order valence-corrected chi connectivity index (χ4v) is 4.75. The second-order valence-corrected chi connectivity index (χ2v) is 8.89. The number of fused-ring (bicyclic) bond motifs is 2. The molecule has 0 fully saturated rings. The molecule has 0 spiro atoms. The van der Waals surface area contributed by atoms with Crippen LogP contribution in [0.25, 0.3) is 10.2 Å². The molecule has 1 aliphatic rings. The van der Waals surface area contributed by atoms with Gasteiger partial charge in [0.05, 0.1) is 21.3 Å². The molecule has 170 valence electrons. The number of carbonyl (C=O) groups is 3. The van der Waals surface area contributed by atoms with Crippen molar-refractivity contribution in [1.29, 1.82) is 0 Å². The quantitative estimate of drug-likeness (QED) is 0.467. The minimum atomic E-state index is -0.915. The Kier molecular flexibility index (Phi) is 5.54. The Morgan fingerprint density at radius 2 is 1.82 bits per heavy atom. The van der Waals surface area contributed by atoms with Crippen molar-refractivity contribution < 1.29 is 18.8 Å². The maximum Gasteiger partial charge on any atom is 0.255 e. The van der Waals surface area contributed by atoms with E-state index in [1.54, 1.807) is 28.6 Å². The number of benzene rings is 3. The largest absolute Gasteiger partial charge is 0.366 e. The molecule has 3 N–H and O–H groups in total. The standard InChI is InChI=1S/C25H19FN4O3S/c26-20-5-4-18(11-19(20)23(27)31)29-24(32)15-2-1-14-7-8-30(12-17(14)9-15)25(33)16-3-6-21-22(10-16)34-13-28-21/h1-6,9-11,13H,7-8,12H2,(H2,27,31)(H,29,32). The van der Waals surface area contributed by atoms with Gasteiger partial charge in [-0.25, -0.2) is 9.37 Å². The molecular formula is C25H19FN4O3S. The van der Waals surface area contributed by atoms with E-state index in [2.05, 4.69) is 10.3 Å². The summed E-state index contributed by atoms with van der Waals surface area (Å²) in [6, 6.07) is 14.5. The summed E-state index contributed by atoms with van der Waals surface area (Å²) in [7, 11) is 0. The Morgan fingerprint density at radius 1 is 1.00 bits per heavy atom. The first-order valence-electron chi connectivity index (χ1n) is 10.5. The van der Waals surface area contributed by atoms with Gasteiger partial charge < -0.3 is 16.0 Å². The van der Waals surface area contributed by atoms with E-state index >= 15 is 0 Å². The average Bonchev–Trinajstić information content (AvgIpc) is 3.32. The number of aromatic nitrogens is 1. The molecule has 5 rings (SSSR count). The van der Waals surface area contributed by atoms with Crippen LogP contribution in [0.2, 0.25) is 0 Å². The van der Waals surface area contributed by atoms with Crippen LogP contribution < -0.4 is 11.1 Å². The molecule has 7 nitrogen and oxygen atoms in total. The number of amides is 3. The summed E-state index contributed by atoms with van der Waals surface area (Å²) < 4.78 is 14.7. The third-order valence-corrected chi connectivity index (χ3v) is 6.63. The van der Waals surface area contributed by atoms with E-state index in [1.807, 2.05) is 18.2 Å². The van der Waals surface area contributed by atoms with Crippen molar-refractivity contribution in [2.75, 3.05) is 11.9 Å². The maximum atomic E-state index is 13.7. The second kappa shape index (κ2) is 8.68. The smallest absolute Gasteiger partial charge is 0.255 e. The highest BCUT2D eigenvalue weighted by Gasteiger charge is 2.23. The van der Waals surface area contributed by atoms with Crippen molar-refractivity contribution in [3.8, 4) is 0 Å². The number of carbonyl (C=O) groups excluding carboxylic acids is 3. The predicted octanol–water partition coefficient (Wildman–Crippen LogP) is 3.99. The van der Waals surface area contributed by atoms with Crippen LogP contribution in [-0.2, 0) is 13.0 Å². The summed E-state index contributed by atoms with van der Waals surface area (Å²) in [5.41, 5.74) is 10.7. The van der Waals surface area contributed by atoms with Gasteiger partial charge in [-0.2, -0.15) is 0 Å². The number of rotatable bonds is 4. The molecule has 0 bridgehead atoms. The molecule has 0 atom stereocenters. The van der Waals surface area contributed by atoms with Gasteiger partial charge >= 0.3 is 0 Å². The highest BCUT2D eigenvalue weighted by molar-refractivity contribution is 7.16. The van der Waals surface area contributed by atoms with Gasteiger partial charge in [-0.05, 0) is 66.1 Å². The molecule has 34 heavy (non-hydrogen) atoms. The topological polar surface area (TPSA) is 105 Å². The van der Waals surface area contributed by atoms with Crippen molar-refractivity contribution in [3.05, 3.63) is 93.7 Å². The van der Waals surface area contributed by atoms with E-state index in [1.165, 1.54) is 23.5 Å². The minimum Gasteiger partial charge on any atom is -0.366 e. The Labute approximate surface area is 198 Å². The Bertz CT molecular complexity index is 1470. The van der Waals surface area contributed by atoms with Gasteiger partial charge in [-0.1, -0.05) is 6.07 Å². The Hall–Kier alpha value is -4.11. The van der Waals surface area contributed by atoms with E-state index in [-0.39, 0.29) is 17.2 Å². The second-order valence-electron chi connectivity index (χ2n) is 8.01. The van der Waals surface area contributed by atoms with Crippen LogP contribution in [0.4, 0.5) is 10.1 Å². The third kappa shape index (κ3) is 4.13. The number of nitrogens with zero attached hydrogens (tertiary/aromatic N) is 2. The highest BCUT2D eigenvalue weighted by atomic mass is 32.1. The van der Waals surface area contributed by atoms with E-state index in [4.69, 9.17) is 5.73 Å². The Morgan fingerprint density at radius 3 is 2.65 bits per heavy atom. The summed E-state index contributed by atoms with van der Waals surface area (Å²) in [5.74, 6) is -2.15. The molecule has 0 unspecified atom stereocenters. The van der Waals surface area contributed by atoms with Crippen molar-refractivity contribution >= 4 is 45.0 Å². The van der Waals surface area contributed by atoms with Crippen LogP contribution in [-0.4, -0.2) is 34.2 Å². The fourth-order valence-electron chi connectivity index (χ4n) is 4.04. The SMILES string of the molecule is NC(=O)c1cc(NC(=O)c2ccc3c(c2)CN(C(=O)c2ccc4ncsc4c2)CC3)ccc1F. The number of primary amides is 1. The van der Waals surface area contributed by atoms with Gasteiger partial charge in [0.15, 0.2) is 0 Å². The molecule has 0 radical (unpaired) electrons. The average molecular weight is 475 g/mol. The molecule has 1 aliphatic heterocycles. The highest BCUT2D eigenvalue weighted by Crippen LogP contribution is 2.25. The van der Waals surface area contributed by atoms with Crippen LogP contribution in [0.3, 0.4) is 0 Å². The summed E-state index contributed by atoms with van der Waals surface area (Å²) >= 11 is 1.49. The van der Waals surface area contributed by atoms with Crippen molar-refractivity contribution in [1.82, 2.24) is 9.88 Å². The van der Waals surface area contributed by atoms with Crippen LogP contribution in [0.15, 0.2) is 60.1 Å². The molecular weight excluding hydrogens is 455 g/mol. The molecule has 1 aromatic heterocycles. The van der Waals surface area contributed by atoms with Crippen LogP contribution in [0.5, 0.6) is 0 Å². The lowest BCUT2D eigenvalue weighted by Crippen LogP contribution is -2.36. The van der Waals surface area contributed by atoms with E-state index in [9.17, 15) is 18.8 Å². The van der Waals surface area contributed by atoms with Crippen LogP contribution >= 0.6 is 11.3 Å². The van der Waals surface area contributed by atoms with Crippen molar-refractivity contribution in [3.63, 3.8) is 0 Å². The summed E-state index contributed by atoms with van der Waals surface area (Å²) in [5, 5.41) is 2.66. The molecule has 3 aromatic carbocycles. The number of hydrogen-bond donors (Lipinski definition) is 2. The minimum absolute atomic E-state index is 0.0684. The monoisotopic (exact) mass is 474 g/mol. The zero-order valence-electron chi connectivity index (χ0n) is 17.9. The molecule has 0 aliphatic carbocycles. The number of nitrogens with one attached hydrogen (secondary N) is 1. The lowest BCUT2D eigenvalue weighted by molar-refractivity contribution is 0.0734. The first kappa shape index (κ1) is 21.7. The maximum absolute atomic E-state index is 13.7. The van der Waals surface area contributed by atoms with Crippen LogP contribution in [0.1, 0.15) is 42.2 Å². The molecule has 0 saturated carbocycles. The first-order valence-corrected chi connectivity index (χ1v) is 11.4. The molecule has 9 heteroatoms. The Balaban J connectivity index is 1.34. The van der Waals surface area contributed by atoms with E-state index < -0.39 is 17.6 Å². The van der Waals surface area contributed by atoms with E-state index in [0.717, 1.165) is 27.4 Å². The van der Waals surface area contributed by atoms with Gasteiger partial charge in [0.25, 0.3) is 17.7 Å². The normalized spacial score (nSPS) is 12.9. The van der Waals surface area contributed by atoms with Gasteiger partial charge in [-0.3, -0.25) is 14.4 Å². The lowest BCUT2D eigenvalue weighted by atomic mass is 9.96. The molecule has 0 saturated heterocycles. The number of hydrogen-bond acceptors (Lipinski definition) is 5. The van der Waals surface area contributed by atoms with Crippen LogP contribution in [0, 0.1) is 5.82 Å². The molecule has 4 aromatic rings. The summed E-state index contributed by atoms with van der Waals surface area (Å²) in [6.45, 7) is 0.974. The zero-order chi connectivity index (χ0) is 23.8. The summed E-state index contributed by atoms with van der Waals surface area (Å²) in [6.07, 6.45) is 0.686. The van der Waals surface area contributed by atoms with Gasteiger partial charge in [0.2, 0.25) is 0 Å². The zero-order valence-corrected chi connectivity index (χ0v) is 18.7. The first-order chi connectivity index (χ1) is 16.4. The van der Waals surface area contributed by atoms with Gasteiger partial charge in [-0.15, -0.1) is 11.3 Å². The predicted molar refractivity (Wildman–Crippen MR) is 127 cm³/mol. The van der Waals surface area contributed by atoms with Crippen molar-refractivity contribution in [2.45, 2.75) is 13.0 Å². The molecule has 3 amide bonds. The van der Waals surface area contributed by atoms with Gasteiger partial charge in [0, 0.05) is 29.9 Å². The number of halogens is 1. The lowest BCUT2D eigenvalue weighted by Gasteiger charge is -2.29. The number of thiazole rings is 1.